The van der Waals surface area contributed by atoms with Gasteiger partial charge in [-0.3, -0.25) is 4.79 Å². The van der Waals surface area contributed by atoms with Crippen molar-refractivity contribution in [3.63, 3.8) is 0 Å². The van der Waals surface area contributed by atoms with Crippen LogP contribution >= 0.6 is 11.3 Å². The van der Waals surface area contributed by atoms with Crippen LogP contribution < -0.4 is 5.32 Å². The number of carbonyl (C=O) groups excluding carboxylic acids is 1. The van der Waals surface area contributed by atoms with E-state index in [9.17, 15) is 15.0 Å². The van der Waals surface area contributed by atoms with E-state index in [1.807, 2.05) is 5.38 Å². The van der Waals surface area contributed by atoms with E-state index in [1.165, 1.54) is 17.4 Å². The molecule has 0 saturated carbocycles. The Balaban J connectivity index is 1.68. The fourth-order valence-corrected chi connectivity index (χ4v) is 2.87. The first-order valence-corrected chi connectivity index (χ1v) is 7.81. The molecule has 5 nitrogen and oxygen atoms in total. The Morgan fingerprint density at radius 2 is 1.83 bits per heavy atom. The maximum absolute atomic E-state index is 12.0. The summed E-state index contributed by atoms with van der Waals surface area (Å²) in [5.74, 6) is -0.00544. The van der Waals surface area contributed by atoms with Gasteiger partial charge in [-0.15, -0.1) is 11.3 Å². The molecule has 0 bridgehead atoms. The molecular weight excluding hydrogens is 312 g/mol. The first-order valence-electron chi connectivity index (χ1n) is 6.93. The van der Waals surface area contributed by atoms with Crippen molar-refractivity contribution >= 4 is 22.9 Å². The van der Waals surface area contributed by atoms with Crippen molar-refractivity contribution in [3.05, 3.63) is 58.9 Å². The predicted octanol–water partition coefficient (Wildman–Crippen LogP) is 3.40. The molecule has 1 amide bonds. The van der Waals surface area contributed by atoms with Gasteiger partial charge in [-0.1, -0.05) is 12.1 Å². The van der Waals surface area contributed by atoms with Crippen molar-refractivity contribution < 1.29 is 15.0 Å². The molecule has 0 unspecified atom stereocenters. The van der Waals surface area contributed by atoms with Crippen molar-refractivity contribution in [2.75, 3.05) is 5.32 Å². The van der Waals surface area contributed by atoms with Crippen LogP contribution in [-0.4, -0.2) is 21.1 Å². The van der Waals surface area contributed by atoms with Crippen LogP contribution in [0.5, 0.6) is 11.5 Å². The second-order valence-corrected chi connectivity index (χ2v) is 5.86. The van der Waals surface area contributed by atoms with Gasteiger partial charge in [-0.05, 0) is 36.4 Å². The summed E-state index contributed by atoms with van der Waals surface area (Å²) >= 11 is 1.39. The number of nitrogens with one attached hydrogen (secondary N) is 1. The number of anilines is 1. The molecule has 3 N–H and O–H groups in total. The third kappa shape index (κ3) is 3.67. The van der Waals surface area contributed by atoms with Crippen LogP contribution in [-0.2, 0) is 11.2 Å². The van der Waals surface area contributed by atoms with Gasteiger partial charge in [0.2, 0.25) is 5.91 Å². The summed E-state index contributed by atoms with van der Waals surface area (Å²) < 4.78 is 0. The molecule has 0 spiro atoms. The number of phenolic OH excluding ortho intramolecular Hbond substituents is 2. The zero-order chi connectivity index (χ0) is 16.2. The largest absolute Gasteiger partial charge is 0.508 e. The lowest BCUT2D eigenvalue weighted by atomic mass is 10.2. The summed E-state index contributed by atoms with van der Waals surface area (Å²) in [6.07, 6.45) is 0.136. The molecule has 1 heterocycles. The quantitative estimate of drug-likeness (QED) is 0.642. The third-order valence-electron chi connectivity index (χ3n) is 3.20. The first-order chi connectivity index (χ1) is 11.1. The molecule has 0 saturated heterocycles. The van der Waals surface area contributed by atoms with Crippen LogP contribution in [0.4, 0.5) is 5.69 Å². The Bertz CT molecular complexity index is 828. The van der Waals surface area contributed by atoms with Crippen LogP contribution in [0, 0.1) is 0 Å². The van der Waals surface area contributed by atoms with Crippen molar-refractivity contribution in [2.45, 2.75) is 6.42 Å². The second kappa shape index (κ2) is 6.50. The average Bonchev–Trinajstić information content (AvgIpc) is 2.98. The highest BCUT2D eigenvalue weighted by molar-refractivity contribution is 7.10. The van der Waals surface area contributed by atoms with Crippen molar-refractivity contribution in [1.82, 2.24) is 4.98 Å². The van der Waals surface area contributed by atoms with Crippen molar-refractivity contribution in [3.8, 4) is 22.8 Å². The summed E-state index contributed by atoms with van der Waals surface area (Å²) in [6, 6.07) is 13.3. The molecule has 3 aromatic rings. The number of phenols is 2. The molecule has 0 aliphatic carbocycles. The molecule has 6 heteroatoms. The van der Waals surface area contributed by atoms with Crippen LogP contribution in [0.15, 0.2) is 53.9 Å². The van der Waals surface area contributed by atoms with Crippen LogP contribution in [0.1, 0.15) is 5.01 Å². The van der Waals surface area contributed by atoms with E-state index in [-0.39, 0.29) is 23.8 Å². The van der Waals surface area contributed by atoms with E-state index in [4.69, 9.17) is 0 Å². The fourth-order valence-electron chi connectivity index (χ4n) is 2.07. The average molecular weight is 326 g/mol. The second-order valence-electron chi connectivity index (χ2n) is 4.92. The number of para-hydroxylation sites is 2. The molecule has 0 aliphatic rings. The maximum Gasteiger partial charge on any atom is 0.231 e. The van der Waals surface area contributed by atoms with Crippen molar-refractivity contribution in [2.24, 2.45) is 0 Å². The maximum atomic E-state index is 12.0. The molecule has 3 rings (SSSR count). The minimum Gasteiger partial charge on any atom is -0.508 e. The summed E-state index contributed by atoms with van der Waals surface area (Å²) in [5.41, 5.74) is 2.03. The molecule has 1 aromatic heterocycles. The van der Waals surface area contributed by atoms with E-state index in [2.05, 4.69) is 10.3 Å². The van der Waals surface area contributed by atoms with Gasteiger partial charge in [0.15, 0.2) is 0 Å². The number of aromatic hydroxyl groups is 2. The van der Waals surface area contributed by atoms with E-state index >= 15 is 0 Å². The third-order valence-corrected chi connectivity index (χ3v) is 4.05. The number of hydrogen-bond acceptors (Lipinski definition) is 5. The van der Waals surface area contributed by atoms with Gasteiger partial charge >= 0.3 is 0 Å². The Morgan fingerprint density at radius 3 is 2.57 bits per heavy atom. The summed E-state index contributed by atoms with van der Waals surface area (Å²) in [4.78, 5) is 16.5. The van der Waals surface area contributed by atoms with Crippen LogP contribution in [0.3, 0.4) is 0 Å². The Labute approximate surface area is 136 Å². The lowest BCUT2D eigenvalue weighted by molar-refractivity contribution is -0.115. The lowest BCUT2D eigenvalue weighted by Gasteiger charge is -2.05. The molecule has 0 aliphatic heterocycles. The normalized spacial score (nSPS) is 10.4. The number of benzene rings is 2. The van der Waals surface area contributed by atoms with E-state index < -0.39 is 0 Å². The lowest BCUT2D eigenvalue weighted by Crippen LogP contribution is -2.14. The smallest absolute Gasteiger partial charge is 0.231 e. The molecule has 0 radical (unpaired) electrons. The van der Waals surface area contributed by atoms with Crippen LogP contribution in [0.25, 0.3) is 11.3 Å². The van der Waals surface area contributed by atoms with Gasteiger partial charge in [0.25, 0.3) is 0 Å². The number of thiazole rings is 1. The number of carbonyl (C=O) groups is 1. The standard InChI is InChI=1S/C17H14N2O3S/c20-12-7-5-11(6-8-12)14-10-23-17(19-14)9-16(22)18-13-3-1-2-4-15(13)21/h1-8,10,20-21H,9H2,(H,18,22). The number of nitrogens with zero attached hydrogens (tertiary/aromatic N) is 1. The zero-order valence-electron chi connectivity index (χ0n) is 12.1. The van der Waals surface area contributed by atoms with E-state index in [0.29, 0.717) is 10.7 Å². The summed E-state index contributed by atoms with van der Waals surface area (Å²) in [6.45, 7) is 0. The summed E-state index contributed by atoms with van der Waals surface area (Å²) in [7, 11) is 0. The molecular formula is C17H14N2O3S. The van der Waals surface area contributed by atoms with Gasteiger partial charge in [0.05, 0.1) is 17.8 Å². The Kier molecular flexibility index (Phi) is 4.25. The highest BCUT2D eigenvalue weighted by Crippen LogP contribution is 2.25. The number of aromatic nitrogens is 1. The molecule has 2 aromatic carbocycles. The number of hydrogen-bond donors (Lipinski definition) is 3. The Hall–Kier alpha value is -2.86. The summed E-state index contributed by atoms with van der Waals surface area (Å²) in [5, 5.41) is 24.2. The first kappa shape index (κ1) is 15.1. The van der Waals surface area contributed by atoms with Crippen LogP contribution in [0.2, 0.25) is 0 Å². The zero-order valence-corrected chi connectivity index (χ0v) is 12.9. The highest BCUT2D eigenvalue weighted by atomic mass is 32.1. The molecule has 116 valence electrons. The highest BCUT2D eigenvalue weighted by Gasteiger charge is 2.11. The topological polar surface area (TPSA) is 82.5 Å². The van der Waals surface area contributed by atoms with E-state index in [0.717, 1.165) is 11.3 Å². The van der Waals surface area contributed by atoms with Gasteiger partial charge in [-0.2, -0.15) is 0 Å². The Morgan fingerprint density at radius 1 is 1.09 bits per heavy atom. The van der Waals surface area contributed by atoms with Gasteiger partial charge in [0, 0.05) is 10.9 Å². The minimum atomic E-state index is -0.238. The van der Waals surface area contributed by atoms with Gasteiger partial charge in [-0.25, -0.2) is 4.98 Å². The van der Waals surface area contributed by atoms with Gasteiger partial charge in [0.1, 0.15) is 16.5 Å². The number of rotatable bonds is 4. The molecule has 23 heavy (non-hydrogen) atoms. The van der Waals surface area contributed by atoms with Crippen molar-refractivity contribution in [1.29, 1.82) is 0 Å². The fraction of sp³-hybridized carbons (Fsp3) is 0.0588. The van der Waals surface area contributed by atoms with E-state index in [1.54, 1.807) is 42.5 Å². The monoisotopic (exact) mass is 326 g/mol. The van der Waals surface area contributed by atoms with Gasteiger partial charge < -0.3 is 15.5 Å². The molecule has 0 atom stereocenters. The SMILES string of the molecule is O=C(Cc1nc(-c2ccc(O)cc2)cs1)Nc1ccccc1O. The predicted molar refractivity (Wildman–Crippen MR) is 89.7 cm³/mol. The molecule has 0 fully saturated rings. The number of amides is 1. The minimum absolute atomic E-state index is 0.0322.